The number of ether oxygens (including phenoxy) is 1. The van der Waals surface area contributed by atoms with Crippen molar-refractivity contribution in [2.45, 2.75) is 25.4 Å². The molecule has 1 aromatic heterocycles. The molecule has 110 valence electrons. The quantitative estimate of drug-likeness (QED) is 0.860. The second-order valence-electron chi connectivity index (χ2n) is 5.06. The molecule has 6 heteroatoms. The molecule has 1 aromatic carbocycles. The third-order valence-corrected chi connectivity index (χ3v) is 3.53. The van der Waals surface area contributed by atoms with Crippen molar-refractivity contribution < 1.29 is 13.9 Å². The topological polar surface area (TPSA) is 56.1 Å². The van der Waals surface area contributed by atoms with E-state index in [0.717, 1.165) is 18.5 Å². The van der Waals surface area contributed by atoms with Crippen LogP contribution in [0, 0.1) is 5.82 Å². The van der Waals surface area contributed by atoms with Crippen molar-refractivity contribution in [3.05, 3.63) is 47.8 Å². The molecule has 0 aliphatic heterocycles. The lowest BCUT2D eigenvalue weighted by molar-refractivity contribution is 0.0600. The van der Waals surface area contributed by atoms with E-state index in [4.69, 9.17) is 0 Å². The van der Waals surface area contributed by atoms with Crippen LogP contribution in [0.15, 0.2) is 30.7 Å². The monoisotopic (exact) mass is 289 g/mol. The third kappa shape index (κ3) is 2.89. The molecule has 0 radical (unpaired) electrons. The van der Waals surface area contributed by atoms with Gasteiger partial charge in [0.05, 0.1) is 36.9 Å². The van der Waals surface area contributed by atoms with Gasteiger partial charge in [0.1, 0.15) is 5.82 Å². The normalized spacial score (nSPS) is 14.0. The molecule has 0 atom stereocenters. The Morgan fingerprint density at radius 3 is 3.05 bits per heavy atom. The highest BCUT2D eigenvalue weighted by Crippen LogP contribution is 2.35. The van der Waals surface area contributed by atoms with Crippen LogP contribution < -0.4 is 5.32 Å². The number of hydrogen-bond acceptors (Lipinski definition) is 4. The molecule has 3 rings (SSSR count). The number of carbonyl (C=O) groups is 1. The summed E-state index contributed by atoms with van der Waals surface area (Å²) in [6, 6.07) is 4.64. The van der Waals surface area contributed by atoms with Gasteiger partial charge in [0, 0.05) is 12.2 Å². The molecule has 0 amide bonds. The molecule has 2 aromatic rings. The molecule has 0 spiro atoms. The van der Waals surface area contributed by atoms with Crippen LogP contribution in [-0.2, 0) is 11.3 Å². The molecule has 21 heavy (non-hydrogen) atoms. The molecular formula is C15H16FN3O2. The van der Waals surface area contributed by atoms with Gasteiger partial charge in [-0.15, -0.1) is 0 Å². The Balaban J connectivity index is 1.75. The summed E-state index contributed by atoms with van der Waals surface area (Å²) in [5.74, 6) is -0.888. The minimum Gasteiger partial charge on any atom is -0.465 e. The summed E-state index contributed by atoms with van der Waals surface area (Å²) < 4.78 is 20.5. The first-order valence-electron chi connectivity index (χ1n) is 6.81. The molecule has 0 saturated heterocycles. The molecule has 0 bridgehead atoms. The van der Waals surface area contributed by atoms with Gasteiger partial charge in [-0.2, -0.15) is 0 Å². The summed E-state index contributed by atoms with van der Waals surface area (Å²) in [4.78, 5) is 15.6. The number of imidazole rings is 1. The van der Waals surface area contributed by atoms with Crippen LogP contribution in [-0.4, -0.2) is 22.6 Å². The predicted octanol–water partition coefficient (Wildman–Crippen LogP) is 2.76. The molecule has 1 fully saturated rings. The van der Waals surface area contributed by atoms with E-state index in [1.54, 1.807) is 12.5 Å². The Labute approximate surface area is 121 Å². The minimum absolute atomic E-state index is 0.279. The number of hydrogen-bond donors (Lipinski definition) is 1. The predicted molar refractivity (Wildman–Crippen MR) is 75.6 cm³/mol. The smallest absolute Gasteiger partial charge is 0.337 e. The molecule has 1 aliphatic carbocycles. The molecule has 1 heterocycles. The molecule has 1 aliphatic rings. The first-order chi connectivity index (χ1) is 10.2. The van der Waals surface area contributed by atoms with Crippen molar-refractivity contribution >= 4 is 11.7 Å². The van der Waals surface area contributed by atoms with Gasteiger partial charge in [0.25, 0.3) is 0 Å². The molecular weight excluding hydrogens is 273 g/mol. The summed E-state index contributed by atoms with van der Waals surface area (Å²) >= 11 is 0. The fourth-order valence-electron chi connectivity index (χ4n) is 2.24. The fourth-order valence-corrected chi connectivity index (χ4v) is 2.24. The maximum atomic E-state index is 13.8. The number of benzene rings is 1. The largest absolute Gasteiger partial charge is 0.465 e. The lowest BCUT2D eigenvalue weighted by Gasteiger charge is -2.11. The first-order valence-corrected chi connectivity index (χ1v) is 6.81. The standard InChI is InChI=1S/C15H16FN3O2/c1-21-15(20)10-2-5-13(16)14(6-10)18-8-12-7-17-9-19(12)11-3-4-11/h2,5-7,9,11,18H,3-4,8H2,1H3. The Kier molecular flexibility index (Phi) is 3.60. The average Bonchev–Trinajstić information content (AvgIpc) is 3.24. The van der Waals surface area contributed by atoms with Crippen LogP contribution in [0.4, 0.5) is 10.1 Å². The van der Waals surface area contributed by atoms with Crippen molar-refractivity contribution in [3.63, 3.8) is 0 Å². The molecule has 5 nitrogen and oxygen atoms in total. The van der Waals surface area contributed by atoms with E-state index in [9.17, 15) is 9.18 Å². The van der Waals surface area contributed by atoms with Crippen molar-refractivity contribution in [3.8, 4) is 0 Å². The van der Waals surface area contributed by atoms with Gasteiger partial charge in [0.2, 0.25) is 0 Å². The number of nitrogens with zero attached hydrogens (tertiary/aromatic N) is 2. The van der Waals surface area contributed by atoms with Crippen LogP contribution in [0.1, 0.15) is 34.9 Å². The van der Waals surface area contributed by atoms with Gasteiger partial charge < -0.3 is 14.6 Å². The van der Waals surface area contributed by atoms with Crippen LogP contribution in [0.25, 0.3) is 0 Å². The highest BCUT2D eigenvalue weighted by atomic mass is 19.1. The second kappa shape index (κ2) is 5.55. The zero-order chi connectivity index (χ0) is 14.8. The third-order valence-electron chi connectivity index (χ3n) is 3.53. The zero-order valence-corrected chi connectivity index (χ0v) is 11.7. The fraction of sp³-hybridized carbons (Fsp3) is 0.333. The lowest BCUT2D eigenvalue weighted by Crippen LogP contribution is -2.08. The zero-order valence-electron chi connectivity index (χ0n) is 11.7. The lowest BCUT2D eigenvalue weighted by atomic mass is 10.2. The maximum Gasteiger partial charge on any atom is 0.337 e. The Bertz CT molecular complexity index is 665. The van der Waals surface area contributed by atoms with Crippen LogP contribution in [0.2, 0.25) is 0 Å². The van der Waals surface area contributed by atoms with E-state index in [2.05, 4.69) is 19.6 Å². The van der Waals surface area contributed by atoms with Gasteiger partial charge in [-0.1, -0.05) is 0 Å². The number of aromatic nitrogens is 2. The van der Waals surface area contributed by atoms with E-state index in [1.165, 1.54) is 25.3 Å². The van der Waals surface area contributed by atoms with Crippen molar-refractivity contribution in [1.29, 1.82) is 0 Å². The number of methoxy groups -OCH3 is 1. The summed E-state index contributed by atoms with van der Waals surface area (Å²) in [5, 5.41) is 3.01. The van der Waals surface area contributed by atoms with Crippen molar-refractivity contribution in [2.24, 2.45) is 0 Å². The van der Waals surface area contributed by atoms with Gasteiger partial charge in [-0.05, 0) is 31.0 Å². The average molecular weight is 289 g/mol. The van der Waals surface area contributed by atoms with Gasteiger partial charge >= 0.3 is 5.97 Å². The minimum atomic E-state index is -0.485. The maximum absolute atomic E-state index is 13.8. The van der Waals surface area contributed by atoms with E-state index in [0.29, 0.717) is 18.2 Å². The molecule has 0 unspecified atom stereocenters. The van der Waals surface area contributed by atoms with Crippen LogP contribution >= 0.6 is 0 Å². The molecule has 1 N–H and O–H groups in total. The van der Waals surface area contributed by atoms with E-state index >= 15 is 0 Å². The second-order valence-corrected chi connectivity index (χ2v) is 5.06. The number of halogens is 1. The van der Waals surface area contributed by atoms with Gasteiger partial charge in [-0.25, -0.2) is 14.2 Å². The summed E-state index contributed by atoms with van der Waals surface area (Å²) in [6.45, 7) is 0.456. The highest BCUT2D eigenvalue weighted by molar-refractivity contribution is 5.90. The summed E-state index contributed by atoms with van der Waals surface area (Å²) in [6.07, 6.45) is 5.90. The van der Waals surface area contributed by atoms with Crippen LogP contribution in [0.5, 0.6) is 0 Å². The first kappa shape index (κ1) is 13.6. The van der Waals surface area contributed by atoms with Crippen molar-refractivity contribution in [1.82, 2.24) is 9.55 Å². The van der Waals surface area contributed by atoms with Gasteiger partial charge in [0.15, 0.2) is 0 Å². The number of rotatable bonds is 5. The Hall–Kier alpha value is -2.37. The summed E-state index contributed by atoms with van der Waals surface area (Å²) in [7, 11) is 1.30. The van der Waals surface area contributed by atoms with E-state index in [1.807, 2.05) is 0 Å². The summed E-state index contributed by atoms with van der Waals surface area (Å²) in [5.41, 5.74) is 1.60. The Morgan fingerprint density at radius 1 is 1.52 bits per heavy atom. The number of nitrogens with one attached hydrogen (secondary N) is 1. The SMILES string of the molecule is COC(=O)c1ccc(F)c(NCc2cncn2C2CC2)c1. The van der Waals surface area contributed by atoms with Crippen molar-refractivity contribution in [2.75, 3.05) is 12.4 Å². The number of anilines is 1. The van der Waals surface area contributed by atoms with Gasteiger partial charge in [-0.3, -0.25) is 0 Å². The van der Waals surface area contributed by atoms with Crippen LogP contribution in [0.3, 0.4) is 0 Å². The molecule has 1 saturated carbocycles. The number of carbonyl (C=O) groups excluding carboxylic acids is 1. The Morgan fingerprint density at radius 2 is 2.33 bits per heavy atom. The number of esters is 1. The van der Waals surface area contributed by atoms with E-state index in [-0.39, 0.29) is 5.69 Å². The highest BCUT2D eigenvalue weighted by Gasteiger charge is 2.25. The van der Waals surface area contributed by atoms with E-state index < -0.39 is 11.8 Å².